The van der Waals surface area contributed by atoms with E-state index in [0.717, 1.165) is 28.8 Å². The Morgan fingerprint density at radius 2 is 2.16 bits per heavy atom. The number of carboxylic acid groups (broad SMARTS) is 1. The zero-order valence-corrected chi connectivity index (χ0v) is 13.6. The van der Waals surface area contributed by atoms with E-state index in [1.54, 1.807) is 6.92 Å². The van der Waals surface area contributed by atoms with E-state index in [9.17, 15) is 4.79 Å². The molecule has 19 heavy (non-hydrogen) atoms. The first-order chi connectivity index (χ1) is 8.90. The molecule has 0 saturated heterocycles. The Bertz CT molecular complexity index is 445. The third kappa shape index (κ3) is 4.04. The Morgan fingerprint density at radius 3 is 2.58 bits per heavy atom. The van der Waals surface area contributed by atoms with Gasteiger partial charge >= 0.3 is 5.97 Å². The highest BCUT2D eigenvalue weighted by atomic mass is 79.9. The molecular weight excluding hydrogens is 310 g/mol. The van der Waals surface area contributed by atoms with Gasteiger partial charge in [0.15, 0.2) is 0 Å². The van der Waals surface area contributed by atoms with Crippen LogP contribution in [0.1, 0.15) is 32.2 Å². The summed E-state index contributed by atoms with van der Waals surface area (Å²) in [6.07, 6.45) is 0.881. The summed E-state index contributed by atoms with van der Waals surface area (Å²) in [6.45, 7) is 7.92. The second kappa shape index (κ2) is 7.05. The lowest BCUT2D eigenvalue weighted by Crippen LogP contribution is -2.32. The van der Waals surface area contributed by atoms with Crippen LogP contribution in [0.15, 0.2) is 4.47 Å². The molecular formula is C13H22BrN3O2. The number of carboxylic acids is 1. The second-order valence-electron chi connectivity index (χ2n) is 4.75. The van der Waals surface area contributed by atoms with Crippen molar-refractivity contribution in [2.45, 2.75) is 33.7 Å². The Kier molecular flexibility index (Phi) is 6.00. The minimum atomic E-state index is -0.753. The number of aliphatic carboxylic acids is 1. The van der Waals surface area contributed by atoms with Crippen LogP contribution in [0, 0.1) is 5.92 Å². The molecule has 0 aliphatic carbocycles. The Morgan fingerprint density at radius 1 is 1.53 bits per heavy atom. The molecule has 0 fully saturated rings. The number of nitrogens with zero attached hydrogens (tertiary/aromatic N) is 3. The molecule has 0 saturated carbocycles. The van der Waals surface area contributed by atoms with Crippen molar-refractivity contribution in [2.75, 3.05) is 13.1 Å². The van der Waals surface area contributed by atoms with Crippen LogP contribution in [0.3, 0.4) is 0 Å². The first kappa shape index (κ1) is 16.2. The minimum absolute atomic E-state index is 0.363. The van der Waals surface area contributed by atoms with Crippen molar-refractivity contribution in [1.82, 2.24) is 14.7 Å². The molecule has 5 nitrogen and oxygen atoms in total. The number of hydrogen-bond acceptors (Lipinski definition) is 3. The zero-order chi connectivity index (χ0) is 14.6. The first-order valence-corrected chi connectivity index (χ1v) is 7.35. The van der Waals surface area contributed by atoms with Crippen LogP contribution in [-0.4, -0.2) is 38.8 Å². The molecule has 0 bridgehead atoms. The molecule has 0 spiro atoms. The van der Waals surface area contributed by atoms with E-state index in [0.29, 0.717) is 13.1 Å². The smallest absolute Gasteiger partial charge is 0.307 e. The van der Waals surface area contributed by atoms with Crippen molar-refractivity contribution in [1.29, 1.82) is 0 Å². The van der Waals surface area contributed by atoms with E-state index in [1.807, 2.05) is 18.7 Å². The van der Waals surface area contributed by atoms with Crippen LogP contribution in [-0.2, 0) is 24.8 Å². The van der Waals surface area contributed by atoms with Crippen molar-refractivity contribution in [2.24, 2.45) is 13.0 Å². The van der Waals surface area contributed by atoms with Crippen molar-refractivity contribution >= 4 is 21.9 Å². The summed E-state index contributed by atoms with van der Waals surface area (Å²) in [5.41, 5.74) is 2.14. The lowest BCUT2D eigenvalue weighted by atomic mass is 10.1. The predicted molar refractivity (Wildman–Crippen MR) is 78.0 cm³/mol. The highest BCUT2D eigenvalue weighted by Gasteiger charge is 2.19. The summed E-state index contributed by atoms with van der Waals surface area (Å²) in [6, 6.07) is 0. The van der Waals surface area contributed by atoms with Gasteiger partial charge in [-0.1, -0.05) is 20.8 Å². The predicted octanol–water partition coefficient (Wildman–Crippen LogP) is 2.29. The minimum Gasteiger partial charge on any atom is -0.481 e. The number of halogens is 1. The molecule has 1 atom stereocenters. The standard InChI is InChI=1S/C13H22BrN3O2/c1-5-10-12(14)11(16(4)15-10)8-17(6-2)7-9(3)13(18)19/h9H,5-8H2,1-4H3,(H,18,19). The molecule has 1 heterocycles. The van der Waals surface area contributed by atoms with Crippen LogP contribution in [0.5, 0.6) is 0 Å². The van der Waals surface area contributed by atoms with Gasteiger partial charge in [0.2, 0.25) is 0 Å². The number of hydrogen-bond donors (Lipinski definition) is 1. The fraction of sp³-hybridized carbons (Fsp3) is 0.692. The van der Waals surface area contributed by atoms with Gasteiger partial charge in [0.25, 0.3) is 0 Å². The van der Waals surface area contributed by atoms with E-state index < -0.39 is 5.97 Å². The number of rotatable bonds is 7. The molecule has 1 aromatic rings. The third-order valence-corrected chi connectivity index (χ3v) is 4.19. The quantitative estimate of drug-likeness (QED) is 0.832. The largest absolute Gasteiger partial charge is 0.481 e. The molecule has 0 amide bonds. The summed E-state index contributed by atoms with van der Waals surface area (Å²) < 4.78 is 2.91. The van der Waals surface area contributed by atoms with Crippen LogP contribution in [0.2, 0.25) is 0 Å². The van der Waals surface area contributed by atoms with Crippen LogP contribution in [0.4, 0.5) is 0 Å². The van der Waals surface area contributed by atoms with Crippen LogP contribution >= 0.6 is 15.9 Å². The second-order valence-corrected chi connectivity index (χ2v) is 5.54. The summed E-state index contributed by atoms with van der Waals surface area (Å²) in [7, 11) is 1.92. The normalized spacial score (nSPS) is 12.9. The molecule has 108 valence electrons. The van der Waals surface area contributed by atoms with Gasteiger partial charge in [0.05, 0.1) is 21.8 Å². The lowest BCUT2D eigenvalue weighted by molar-refractivity contribution is -0.141. The van der Waals surface area contributed by atoms with Crippen molar-refractivity contribution in [3.05, 3.63) is 15.9 Å². The maximum atomic E-state index is 10.9. The van der Waals surface area contributed by atoms with Crippen LogP contribution in [0.25, 0.3) is 0 Å². The van der Waals surface area contributed by atoms with Gasteiger partial charge in [-0.2, -0.15) is 5.10 Å². The molecule has 6 heteroatoms. The molecule has 0 aliphatic rings. The van der Waals surface area contributed by atoms with E-state index in [2.05, 4.69) is 32.9 Å². The topological polar surface area (TPSA) is 58.4 Å². The maximum Gasteiger partial charge on any atom is 0.307 e. The molecule has 0 aliphatic heterocycles. The average Bonchev–Trinajstić information content (AvgIpc) is 2.64. The van der Waals surface area contributed by atoms with Gasteiger partial charge in [-0.3, -0.25) is 14.4 Å². The van der Waals surface area contributed by atoms with Gasteiger partial charge in [-0.25, -0.2) is 0 Å². The summed E-state index contributed by atoms with van der Waals surface area (Å²) in [5.74, 6) is -1.12. The van der Waals surface area contributed by atoms with Crippen molar-refractivity contribution in [3.8, 4) is 0 Å². The fourth-order valence-electron chi connectivity index (χ4n) is 1.97. The van der Waals surface area contributed by atoms with E-state index >= 15 is 0 Å². The van der Waals surface area contributed by atoms with Gasteiger partial charge in [0, 0.05) is 20.1 Å². The maximum absolute atomic E-state index is 10.9. The van der Waals surface area contributed by atoms with E-state index in [4.69, 9.17) is 5.11 Å². The number of aromatic nitrogens is 2. The van der Waals surface area contributed by atoms with Gasteiger partial charge in [0.1, 0.15) is 0 Å². The van der Waals surface area contributed by atoms with Crippen molar-refractivity contribution < 1.29 is 9.90 Å². The number of aryl methyl sites for hydroxylation is 2. The number of carbonyl (C=O) groups is 1. The molecule has 0 radical (unpaired) electrons. The van der Waals surface area contributed by atoms with Gasteiger partial charge in [-0.15, -0.1) is 0 Å². The summed E-state index contributed by atoms with van der Waals surface area (Å²) in [4.78, 5) is 13.1. The Hall–Kier alpha value is -0.880. The molecule has 1 rings (SSSR count). The first-order valence-electron chi connectivity index (χ1n) is 6.56. The summed E-state index contributed by atoms with van der Waals surface area (Å²) >= 11 is 3.59. The van der Waals surface area contributed by atoms with E-state index in [-0.39, 0.29) is 5.92 Å². The molecule has 1 N–H and O–H groups in total. The van der Waals surface area contributed by atoms with Crippen molar-refractivity contribution in [3.63, 3.8) is 0 Å². The monoisotopic (exact) mass is 331 g/mol. The summed E-state index contributed by atoms with van der Waals surface area (Å²) in [5, 5.41) is 13.4. The zero-order valence-electron chi connectivity index (χ0n) is 12.0. The highest BCUT2D eigenvalue weighted by Crippen LogP contribution is 2.23. The molecule has 1 aromatic heterocycles. The molecule has 1 unspecified atom stereocenters. The Labute approximate surface area is 122 Å². The third-order valence-electron chi connectivity index (χ3n) is 3.28. The lowest BCUT2D eigenvalue weighted by Gasteiger charge is -2.22. The average molecular weight is 332 g/mol. The van der Waals surface area contributed by atoms with Gasteiger partial charge in [-0.05, 0) is 28.9 Å². The fourth-order valence-corrected chi connectivity index (χ4v) is 2.72. The van der Waals surface area contributed by atoms with Crippen LogP contribution < -0.4 is 0 Å². The Balaban J connectivity index is 2.81. The molecule has 0 aromatic carbocycles. The van der Waals surface area contributed by atoms with Gasteiger partial charge < -0.3 is 5.11 Å². The highest BCUT2D eigenvalue weighted by molar-refractivity contribution is 9.10. The SMILES string of the molecule is CCc1nn(C)c(CN(CC)CC(C)C(=O)O)c1Br. The van der Waals surface area contributed by atoms with E-state index in [1.165, 1.54) is 0 Å².